The second-order valence-electron chi connectivity index (χ2n) is 10.4. The van der Waals surface area contributed by atoms with Crippen molar-refractivity contribution in [3.8, 4) is 0 Å². The number of carbonyl (C=O) groups excluding carboxylic acids is 2. The summed E-state index contributed by atoms with van der Waals surface area (Å²) in [5.74, 6) is -0.243. The molecule has 2 saturated heterocycles. The minimum Gasteiger partial charge on any atom is -0.446 e. The number of rotatable bonds is 11. The van der Waals surface area contributed by atoms with Crippen LogP contribution in [-0.4, -0.2) is 112 Å². The first kappa shape index (κ1) is 28.9. The van der Waals surface area contributed by atoms with Gasteiger partial charge in [0, 0.05) is 57.0 Å². The van der Waals surface area contributed by atoms with Crippen LogP contribution >= 0.6 is 0 Å². The van der Waals surface area contributed by atoms with Crippen LogP contribution in [0, 0.1) is 0 Å². The van der Waals surface area contributed by atoms with Gasteiger partial charge < -0.3 is 29.2 Å². The molecule has 2 unspecified atom stereocenters. The van der Waals surface area contributed by atoms with E-state index < -0.39 is 18.5 Å². The molecule has 4 aliphatic heterocycles. The van der Waals surface area contributed by atoms with E-state index in [0.717, 1.165) is 43.7 Å². The van der Waals surface area contributed by atoms with E-state index in [0.29, 0.717) is 38.3 Å². The third-order valence-corrected chi connectivity index (χ3v) is 7.73. The number of carbonyl (C=O) groups is 2. The van der Waals surface area contributed by atoms with Gasteiger partial charge in [0.25, 0.3) is 5.91 Å². The Balaban J connectivity index is 1.43. The van der Waals surface area contributed by atoms with Gasteiger partial charge in [-0.25, -0.2) is 10.2 Å². The standard InChI is InChI=1S/C28H42N6O6/c1-37-19-20-40-28(36)33-23-9-12-29-27(39-18-15-32-13-5-6-14-32)24(23)25(30-26(35)21-7-3-2-4-8-21)34(33)31-22-10-16-38-17-11-22/h2-4,7-8,22,25,27,29,31H,5-6,9-20H2,1H3,(H,30,35). The summed E-state index contributed by atoms with van der Waals surface area (Å²) in [5, 5.41) is 9.91. The summed E-state index contributed by atoms with van der Waals surface area (Å²) in [6.45, 7) is 5.85. The highest BCUT2D eigenvalue weighted by molar-refractivity contribution is 5.94. The molecule has 3 N–H and O–H groups in total. The van der Waals surface area contributed by atoms with Crippen LogP contribution in [0.1, 0.15) is 42.5 Å². The number of nitrogens with zero attached hydrogens (tertiary/aromatic N) is 3. The van der Waals surface area contributed by atoms with Crippen LogP contribution in [0.4, 0.5) is 4.79 Å². The summed E-state index contributed by atoms with van der Waals surface area (Å²) in [7, 11) is 1.56. The van der Waals surface area contributed by atoms with E-state index in [1.807, 2.05) is 18.2 Å². The molecule has 0 aliphatic carbocycles. The largest absolute Gasteiger partial charge is 0.446 e. The smallest absolute Gasteiger partial charge is 0.430 e. The second-order valence-corrected chi connectivity index (χ2v) is 10.4. The van der Waals surface area contributed by atoms with Crippen molar-refractivity contribution in [1.29, 1.82) is 0 Å². The molecule has 4 heterocycles. The fourth-order valence-corrected chi connectivity index (χ4v) is 5.64. The number of amides is 2. The summed E-state index contributed by atoms with van der Waals surface area (Å²) >= 11 is 0. The van der Waals surface area contributed by atoms with Gasteiger partial charge in [0.1, 0.15) is 19.0 Å². The molecule has 12 nitrogen and oxygen atoms in total. The number of likely N-dealkylation sites (tertiary alicyclic amines) is 1. The van der Waals surface area contributed by atoms with Crippen molar-refractivity contribution in [1.82, 2.24) is 31.1 Å². The van der Waals surface area contributed by atoms with E-state index >= 15 is 0 Å². The molecule has 40 heavy (non-hydrogen) atoms. The van der Waals surface area contributed by atoms with Crippen molar-refractivity contribution >= 4 is 12.0 Å². The van der Waals surface area contributed by atoms with Gasteiger partial charge in [0.05, 0.1) is 18.9 Å². The lowest BCUT2D eigenvalue weighted by Gasteiger charge is -2.37. The van der Waals surface area contributed by atoms with E-state index in [9.17, 15) is 9.59 Å². The zero-order chi connectivity index (χ0) is 27.7. The highest BCUT2D eigenvalue weighted by atomic mass is 16.6. The average molecular weight is 559 g/mol. The van der Waals surface area contributed by atoms with Crippen LogP contribution in [0.2, 0.25) is 0 Å². The van der Waals surface area contributed by atoms with Gasteiger partial charge in [0.15, 0.2) is 0 Å². The normalized spacial score (nSPS) is 24.4. The maximum atomic E-state index is 13.6. The topological polar surface area (TPSA) is 117 Å². The summed E-state index contributed by atoms with van der Waals surface area (Å²) in [4.78, 5) is 29.4. The van der Waals surface area contributed by atoms with E-state index in [1.165, 1.54) is 17.9 Å². The van der Waals surface area contributed by atoms with Gasteiger partial charge in [-0.1, -0.05) is 18.2 Å². The molecule has 220 valence electrons. The lowest BCUT2D eigenvalue weighted by atomic mass is 10.0. The van der Waals surface area contributed by atoms with Gasteiger partial charge in [-0.05, 0) is 50.9 Å². The quantitative estimate of drug-likeness (QED) is 0.345. The highest BCUT2D eigenvalue weighted by Gasteiger charge is 2.48. The molecule has 0 aromatic heterocycles. The Morgan fingerprint density at radius 3 is 2.60 bits per heavy atom. The predicted octanol–water partition coefficient (Wildman–Crippen LogP) is 1.43. The Hall–Kier alpha value is -2.58. The molecule has 0 saturated carbocycles. The summed E-state index contributed by atoms with van der Waals surface area (Å²) in [5.41, 5.74) is 5.63. The number of hydrazine groups is 2. The Morgan fingerprint density at radius 1 is 1.07 bits per heavy atom. The number of ether oxygens (including phenoxy) is 4. The molecule has 0 radical (unpaired) electrons. The van der Waals surface area contributed by atoms with Crippen molar-refractivity contribution < 1.29 is 28.5 Å². The minimum absolute atomic E-state index is 0.0583. The molecule has 0 spiro atoms. The SMILES string of the molecule is COCCOC(=O)N1C2=C(C(OCCN3CCCC3)NCC2)C(NC(=O)c2ccccc2)N1NC1CCOCC1. The van der Waals surface area contributed by atoms with Crippen LogP contribution in [0.25, 0.3) is 0 Å². The number of hydrogen-bond acceptors (Lipinski definition) is 10. The fraction of sp³-hybridized carbons (Fsp3) is 0.643. The van der Waals surface area contributed by atoms with Gasteiger partial charge in [-0.15, -0.1) is 5.12 Å². The maximum absolute atomic E-state index is 13.6. The van der Waals surface area contributed by atoms with E-state index in [1.54, 1.807) is 24.4 Å². The van der Waals surface area contributed by atoms with Gasteiger partial charge >= 0.3 is 6.09 Å². The fourth-order valence-electron chi connectivity index (χ4n) is 5.64. The lowest BCUT2D eigenvalue weighted by molar-refractivity contribution is -0.0725. The molecule has 5 rings (SSSR count). The average Bonchev–Trinajstić information content (AvgIpc) is 3.61. The Morgan fingerprint density at radius 2 is 1.85 bits per heavy atom. The molecule has 1 aromatic rings. The molecule has 2 atom stereocenters. The molecule has 1 aromatic carbocycles. The number of methoxy groups -OCH3 is 1. The minimum atomic E-state index is -0.676. The third-order valence-electron chi connectivity index (χ3n) is 7.73. The number of benzene rings is 1. The molecule has 12 heteroatoms. The molecule has 4 aliphatic rings. The lowest BCUT2D eigenvalue weighted by Crippen LogP contribution is -2.62. The first-order valence-corrected chi connectivity index (χ1v) is 14.4. The zero-order valence-corrected chi connectivity index (χ0v) is 23.3. The molecular formula is C28H42N6O6. The highest BCUT2D eigenvalue weighted by Crippen LogP contribution is 2.35. The van der Waals surface area contributed by atoms with E-state index in [4.69, 9.17) is 18.9 Å². The van der Waals surface area contributed by atoms with Gasteiger partial charge in [-0.3, -0.25) is 10.1 Å². The maximum Gasteiger partial charge on any atom is 0.430 e. The third kappa shape index (κ3) is 7.00. The van der Waals surface area contributed by atoms with Crippen molar-refractivity contribution in [2.75, 3.05) is 66.3 Å². The molecule has 2 fully saturated rings. The van der Waals surface area contributed by atoms with E-state index in [2.05, 4.69) is 21.0 Å². The first-order chi connectivity index (χ1) is 19.7. The molecule has 0 bridgehead atoms. The van der Waals surface area contributed by atoms with E-state index in [-0.39, 0.29) is 25.2 Å². The van der Waals surface area contributed by atoms with Crippen LogP contribution < -0.4 is 16.1 Å². The number of nitrogens with one attached hydrogen (secondary N) is 3. The Labute approximate surface area is 235 Å². The summed E-state index contributed by atoms with van der Waals surface area (Å²) in [6, 6.07) is 9.14. The predicted molar refractivity (Wildman–Crippen MR) is 147 cm³/mol. The Bertz CT molecular complexity index is 1010. The van der Waals surface area contributed by atoms with Crippen LogP contribution in [-0.2, 0) is 18.9 Å². The van der Waals surface area contributed by atoms with Gasteiger partial charge in [-0.2, -0.15) is 5.01 Å². The van der Waals surface area contributed by atoms with Crippen molar-refractivity contribution in [3.63, 3.8) is 0 Å². The second kappa shape index (κ2) is 14.4. The molecule has 2 amide bonds. The summed E-state index contributed by atoms with van der Waals surface area (Å²) in [6.07, 6.45) is 2.90. The first-order valence-electron chi connectivity index (χ1n) is 14.4. The Kier molecular flexibility index (Phi) is 10.4. The van der Waals surface area contributed by atoms with Crippen molar-refractivity contribution in [2.24, 2.45) is 0 Å². The van der Waals surface area contributed by atoms with Crippen LogP contribution in [0.3, 0.4) is 0 Å². The van der Waals surface area contributed by atoms with Gasteiger partial charge in [0.2, 0.25) is 0 Å². The zero-order valence-electron chi connectivity index (χ0n) is 23.3. The monoisotopic (exact) mass is 558 g/mol. The van der Waals surface area contributed by atoms with Crippen LogP contribution in [0.5, 0.6) is 0 Å². The molecular weight excluding hydrogens is 516 g/mol. The van der Waals surface area contributed by atoms with Crippen LogP contribution in [0.15, 0.2) is 41.6 Å². The van der Waals surface area contributed by atoms with Crippen molar-refractivity contribution in [2.45, 2.75) is 50.5 Å². The summed E-state index contributed by atoms with van der Waals surface area (Å²) < 4.78 is 22.7. The number of hydrogen-bond donors (Lipinski definition) is 3. The van der Waals surface area contributed by atoms with Crippen molar-refractivity contribution in [3.05, 3.63) is 47.2 Å².